The van der Waals surface area contributed by atoms with Crippen LogP contribution in [0.3, 0.4) is 0 Å². The monoisotopic (exact) mass is 832 g/mol. The Morgan fingerprint density at radius 2 is 1.90 bits per heavy atom. The van der Waals surface area contributed by atoms with Gasteiger partial charge in [-0.1, -0.05) is 63.9 Å². The number of oxime groups is 1. The van der Waals surface area contributed by atoms with Crippen LogP contribution in [0.1, 0.15) is 121 Å². The van der Waals surface area contributed by atoms with Gasteiger partial charge in [-0.3, -0.25) is 9.88 Å². The van der Waals surface area contributed by atoms with E-state index < -0.39 is 30.1 Å². The summed E-state index contributed by atoms with van der Waals surface area (Å²) in [6.45, 7) is 16.2. The number of aliphatic hydroxyl groups is 2. The largest absolute Gasteiger partial charge is 0.487 e. The van der Waals surface area contributed by atoms with Crippen molar-refractivity contribution < 1.29 is 43.5 Å². The van der Waals surface area contributed by atoms with Crippen molar-refractivity contribution in [3.63, 3.8) is 0 Å². The Morgan fingerprint density at radius 1 is 1.10 bits per heavy atom. The molecule has 12 nitrogen and oxygen atoms in total. The summed E-state index contributed by atoms with van der Waals surface area (Å²) >= 11 is 0. The average molecular weight is 832 g/mol. The molecule has 4 aliphatic rings. The molecule has 330 valence electrons. The first-order valence-electron chi connectivity index (χ1n) is 22.4. The smallest absolute Gasteiger partial charge is 0.410 e. The third-order valence-electron chi connectivity index (χ3n) is 12.1. The van der Waals surface area contributed by atoms with Crippen molar-refractivity contribution in [3.8, 4) is 11.5 Å². The number of hydrogen-bond acceptors (Lipinski definition) is 11. The fourth-order valence-corrected chi connectivity index (χ4v) is 9.47. The molecule has 2 fully saturated rings. The molecule has 1 amide bonds. The fourth-order valence-electron chi connectivity index (χ4n) is 9.47. The number of rotatable bonds is 20. The second kappa shape index (κ2) is 21.2. The van der Waals surface area contributed by atoms with Gasteiger partial charge in [0.25, 0.3) is 0 Å². The summed E-state index contributed by atoms with van der Waals surface area (Å²) < 4.78 is 33.0. The molecule has 2 aliphatic carbocycles. The first-order valence-corrected chi connectivity index (χ1v) is 22.4. The second-order valence-electron chi connectivity index (χ2n) is 18.0. The molecule has 1 saturated heterocycles. The van der Waals surface area contributed by atoms with Crippen LogP contribution in [0.15, 0.2) is 65.9 Å². The molecule has 2 N–H and O–H groups in total. The molecule has 60 heavy (non-hydrogen) atoms. The van der Waals surface area contributed by atoms with Gasteiger partial charge >= 0.3 is 6.09 Å². The number of carbonyl (C=O) groups is 1. The number of benzene rings is 1. The lowest BCUT2D eigenvalue weighted by atomic mass is 9.55. The van der Waals surface area contributed by atoms with Gasteiger partial charge in [0.15, 0.2) is 0 Å². The number of aliphatic hydroxyl groups excluding tert-OH is 2. The number of pyridine rings is 1. The molecule has 1 unspecified atom stereocenters. The van der Waals surface area contributed by atoms with Crippen molar-refractivity contribution in [2.75, 3.05) is 39.6 Å². The molecule has 1 saturated carbocycles. The highest BCUT2D eigenvalue weighted by atomic mass is 16.8. The molecule has 0 radical (unpaired) electrons. The van der Waals surface area contributed by atoms with E-state index in [1.807, 2.05) is 58.0 Å². The van der Waals surface area contributed by atoms with Crippen LogP contribution >= 0.6 is 0 Å². The maximum atomic E-state index is 14.5. The zero-order valence-electron chi connectivity index (χ0n) is 36.6. The number of allylic oxidation sites excluding steroid dienone is 1. The number of hydrogen-bond donors (Lipinski definition) is 2. The first kappa shape index (κ1) is 45.6. The van der Waals surface area contributed by atoms with Gasteiger partial charge in [-0.25, -0.2) is 4.79 Å². The van der Waals surface area contributed by atoms with Gasteiger partial charge in [-0.05, 0) is 105 Å². The number of aryl methyl sites for hydroxylation is 1. The van der Waals surface area contributed by atoms with E-state index in [4.69, 9.17) is 33.7 Å². The van der Waals surface area contributed by atoms with Gasteiger partial charge < -0.3 is 38.7 Å². The molecule has 1 aromatic carbocycles. The van der Waals surface area contributed by atoms with E-state index in [0.717, 1.165) is 73.2 Å². The van der Waals surface area contributed by atoms with E-state index in [2.05, 4.69) is 30.6 Å². The van der Waals surface area contributed by atoms with Crippen molar-refractivity contribution in [3.05, 3.63) is 77.7 Å². The fraction of sp³-hybridized carbons (Fsp3) is 0.646. The Hall–Kier alpha value is -3.97. The highest BCUT2D eigenvalue weighted by molar-refractivity contribution is 6.03. The van der Waals surface area contributed by atoms with Gasteiger partial charge in [0.05, 0.1) is 37.1 Å². The summed E-state index contributed by atoms with van der Waals surface area (Å²) in [6.07, 6.45) is 11.6. The van der Waals surface area contributed by atoms with Crippen LogP contribution in [0.2, 0.25) is 0 Å². The molecule has 6 rings (SSSR count). The van der Waals surface area contributed by atoms with Gasteiger partial charge in [-0.2, -0.15) is 0 Å². The van der Waals surface area contributed by atoms with E-state index in [-0.39, 0.29) is 49.6 Å². The maximum Gasteiger partial charge on any atom is 0.410 e. The second-order valence-corrected chi connectivity index (χ2v) is 18.0. The zero-order chi connectivity index (χ0) is 42.7. The highest BCUT2D eigenvalue weighted by Crippen LogP contribution is 2.62. The Bertz CT molecular complexity index is 1790. The number of ether oxygens (including phenoxy) is 5. The first-order chi connectivity index (χ1) is 29.0. The predicted octanol–water partition coefficient (Wildman–Crippen LogP) is 9.02. The Balaban J connectivity index is 1.55. The van der Waals surface area contributed by atoms with Crippen LogP contribution in [-0.2, 0) is 25.7 Å². The minimum absolute atomic E-state index is 0.0853. The van der Waals surface area contributed by atoms with Crippen molar-refractivity contribution in [2.45, 2.75) is 136 Å². The average Bonchev–Trinajstić information content (AvgIpc) is 3.24. The van der Waals surface area contributed by atoms with Crippen LogP contribution in [-0.4, -0.2) is 89.6 Å². The lowest BCUT2D eigenvalue weighted by Crippen LogP contribution is -2.70. The van der Waals surface area contributed by atoms with Crippen LogP contribution in [0.25, 0.3) is 0 Å². The molecule has 2 aromatic rings. The maximum absolute atomic E-state index is 14.5. The minimum Gasteiger partial charge on any atom is -0.487 e. The Morgan fingerprint density at radius 3 is 2.60 bits per heavy atom. The van der Waals surface area contributed by atoms with Crippen molar-refractivity contribution in [2.24, 2.45) is 28.3 Å². The molecular formula is C48H69N3O9. The summed E-state index contributed by atoms with van der Waals surface area (Å²) in [5, 5.41) is 24.8. The van der Waals surface area contributed by atoms with Crippen molar-refractivity contribution in [1.82, 2.24) is 9.88 Å². The van der Waals surface area contributed by atoms with Crippen molar-refractivity contribution >= 4 is 11.8 Å². The summed E-state index contributed by atoms with van der Waals surface area (Å²) in [5.74, 6) is -0.429. The van der Waals surface area contributed by atoms with Crippen LogP contribution in [0, 0.1) is 30.1 Å². The lowest BCUT2D eigenvalue weighted by Gasteiger charge is -2.60. The van der Waals surface area contributed by atoms with E-state index in [9.17, 15) is 15.0 Å². The topological polar surface area (TPSA) is 141 Å². The van der Waals surface area contributed by atoms with Gasteiger partial charge in [0.2, 0.25) is 12.1 Å². The van der Waals surface area contributed by atoms with Gasteiger partial charge in [-0.15, -0.1) is 6.58 Å². The Kier molecular flexibility index (Phi) is 16.1. The number of amides is 1. The molecule has 2 aliphatic heterocycles. The standard InChI is InChI=1S/C48H69N3O9/c1-7-23-51(46(54)57-32-47(4,5)6)42-30-40(50-60-43-20-11-14-27-55-43)38-28-34(17-9-12-24-52)37(19-10-13-25-53)44-39-29-36(56-31-35-18-15-16-33(3)49-35)21-22-41(39)59-48(42,45(38)44)58-26-8-2/h8,15-16,18,21-22,28-29,34,37,42-45,52-53H,2,7,9-14,17,19-20,23-27,30-32H2,1,3-6H3/t34-,37+,42-,43?,44+,45+,48+/m0/s1. The predicted molar refractivity (Wildman–Crippen MR) is 231 cm³/mol. The van der Waals surface area contributed by atoms with Crippen LogP contribution < -0.4 is 9.47 Å². The van der Waals surface area contributed by atoms with E-state index in [1.54, 1.807) is 11.0 Å². The number of nitrogens with zero attached hydrogens (tertiary/aromatic N) is 3. The molecular weight excluding hydrogens is 763 g/mol. The third-order valence-corrected chi connectivity index (χ3v) is 12.1. The molecule has 7 atom stereocenters. The summed E-state index contributed by atoms with van der Waals surface area (Å²) in [5.41, 5.74) is 4.22. The molecule has 3 heterocycles. The normalized spacial score (nSPS) is 26.6. The number of aromatic nitrogens is 1. The quantitative estimate of drug-likeness (QED) is 0.0755. The van der Waals surface area contributed by atoms with Gasteiger partial charge in [0.1, 0.15) is 24.1 Å². The van der Waals surface area contributed by atoms with Crippen LogP contribution in [0.4, 0.5) is 4.79 Å². The molecule has 0 spiro atoms. The number of carbonyl (C=O) groups excluding carboxylic acids is 1. The summed E-state index contributed by atoms with van der Waals surface area (Å²) in [7, 11) is 0. The molecule has 12 heteroatoms. The zero-order valence-corrected chi connectivity index (χ0v) is 36.6. The summed E-state index contributed by atoms with van der Waals surface area (Å²) in [6, 6.07) is 11.3. The van der Waals surface area contributed by atoms with E-state index >= 15 is 0 Å². The Labute approximate surface area is 357 Å². The summed E-state index contributed by atoms with van der Waals surface area (Å²) in [4.78, 5) is 27.2. The van der Waals surface area contributed by atoms with Gasteiger partial charge in [0, 0.05) is 49.8 Å². The van der Waals surface area contributed by atoms with E-state index in [0.29, 0.717) is 56.9 Å². The lowest BCUT2D eigenvalue weighted by molar-refractivity contribution is -0.255. The highest BCUT2D eigenvalue weighted by Gasteiger charge is 2.65. The van der Waals surface area contributed by atoms with Crippen LogP contribution in [0.5, 0.6) is 11.5 Å². The SMILES string of the molecule is C=CCO[C@@]12Oc3ccc(OCc4cccc(C)n4)cc3[C@H]3[C@H](CCCCO)[C@@H](CCCCO)C=C(C(=NOC4CCCCO4)C[C@@H]1N(CCC)C(=O)OCC(C)(C)C)[C@H]32. The number of fused-ring (bicyclic) bond motifs is 2. The molecule has 0 bridgehead atoms. The molecule has 1 aromatic heterocycles. The van der Waals surface area contributed by atoms with E-state index in [1.165, 1.54) is 0 Å². The minimum atomic E-state index is -1.37. The third kappa shape index (κ3) is 10.9. The number of unbranched alkanes of at least 4 members (excludes halogenated alkanes) is 2. The van der Waals surface area contributed by atoms with Crippen molar-refractivity contribution in [1.29, 1.82) is 0 Å².